The van der Waals surface area contributed by atoms with E-state index in [2.05, 4.69) is 10.9 Å². The summed E-state index contributed by atoms with van der Waals surface area (Å²) in [4.78, 5) is 29.9. The maximum absolute atomic E-state index is 12.8. The highest BCUT2D eigenvalue weighted by atomic mass is 16.3. The Labute approximate surface area is 139 Å². The number of nitrogens with one attached hydrogen (secondary N) is 1. The van der Waals surface area contributed by atoms with Gasteiger partial charge in [0.1, 0.15) is 5.76 Å². The van der Waals surface area contributed by atoms with Crippen LogP contribution < -0.4 is 0 Å². The Kier molecular flexibility index (Phi) is 4.21. The van der Waals surface area contributed by atoms with Crippen LogP contribution in [0.4, 0.5) is 0 Å². The fourth-order valence-electron chi connectivity index (χ4n) is 2.72. The van der Waals surface area contributed by atoms with Gasteiger partial charge in [0.05, 0.1) is 24.9 Å². The van der Waals surface area contributed by atoms with Gasteiger partial charge in [0.2, 0.25) is 0 Å². The molecule has 2 heterocycles. The number of Topliss-reactive ketones (excluding diaryl/α,β-unsaturated/α-hetero) is 1. The van der Waals surface area contributed by atoms with E-state index in [1.54, 1.807) is 19.1 Å². The number of amides is 1. The highest BCUT2D eigenvalue weighted by molar-refractivity contribution is 6.45. The summed E-state index contributed by atoms with van der Waals surface area (Å²) >= 11 is 0. The Morgan fingerprint density at radius 2 is 2.04 bits per heavy atom. The first-order valence-corrected chi connectivity index (χ1v) is 7.48. The number of terminal acetylenes is 1. The number of carbonyl (C=O) groups is 2. The molecule has 0 fully saturated rings. The molecule has 120 valence electrons. The van der Waals surface area contributed by atoms with Crippen molar-refractivity contribution in [2.75, 3.05) is 6.54 Å². The van der Waals surface area contributed by atoms with Crippen LogP contribution in [0.1, 0.15) is 21.8 Å². The number of aromatic amines is 1. The van der Waals surface area contributed by atoms with E-state index in [1.807, 2.05) is 24.3 Å². The Morgan fingerprint density at radius 1 is 1.25 bits per heavy atom. The maximum Gasteiger partial charge on any atom is 0.296 e. The van der Waals surface area contributed by atoms with Crippen molar-refractivity contribution < 1.29 is 14.0 Å². The number of aryl methyl sites for hydroxylation is 1. The highest BCUT2D eigenvalue weighted by Crippen LogP contribution is 2.23. The molecular weight excluding hydrogens is 304 g/mol. The van der Waals surface area contributed by atoms with Crippen molar-refractivity contribution in [3.05, 3.63) is 59.7 Å². The summed E-state index contributed by atoms with van der Waals surface area (Å²) in [5.41, 5.74) is 1.87. The number of carbonyl (C=O) groups excluding carboxylic acids is 2. The molecule has 0 saturated heterocycles. The van der Waals surface area contributed by atoms with Gasteiger partial charge in [-0.2, -0.15) is 0 Å². The summed E-state index contributed by atoms with van der Waals surface area (Å²) in [6, 6.07) is 10.8. The van der Waals surface area contributed by atoms with Crippen LogP contribution in [-0.2, 0) is 11.3 Å². The van der Waals surface area contributed by atoms with E-state index in [1.165, 1.54) is 11.2 Å². The summed E-state index contributed by atoms with van der Waals surface area (Å²) in [7, 11) is 0. The number of fused-ring (bicyclic) bond motifs is 1. The SMILES string of the molecule is C#CCN(Cc1ccco1)C(=O)C(=O)c1c(C)[nH]c2ccccc12. The number of hydrogen-bond acceptors (Lipinski definition) is 3. The Balaban J connectivity index is 1.93. The predicted molar refractivity (Wildman–Crippen MR) is 90.3 cm³/mol. The van der Waals surface area contributed by atoms with Crippen LogP contribution >= 0.6 is 0 Å². The molecule has 5 heteroatoms. The summed E-state index contributed by atoms with van der Waals surface area (Å²) in [6.45, 7) is 1.97. The van der Waals surface area contributed by atoms with E-state index < -0.39 is 11.7 Å². The average molecular weight is 320 g/mol. The molecule has 1 N–H and O–H groups in total. The minimum atomic E-state index is -0.641. The molecule has 0 aliphatic rings. The molecule has 0 unspecified atom stereocenters. The number of ketones is 1. The first kappa shape index (κ1) is 15.6. The van der Waals surface area contributed by atoms with Crippen LogP contribution in [0.25, 0.3) is 10.9 Å². The zero-order valence-electron chi connectivity index (χ0n) is 13.2. The molecule has 1 amide bonds. The van der Waals surface area contributed by atoms with Gasteiger partial charge < -0.3 is 14.3 Å². The van der Waals surface area contributed by atoms with E-state index in [0.29, 0.717) is 17.0 Å². The minimum absolute atomic E-state index is 0.0344. The molecule has 3 aromatic rings. The highest BCUT2D eigenvalue weighted by Gasteiger charge is 2.27. The lowest BCUT2D eigenvalue weighted by molar-refractivity contribution is -0.126. The molecule has 3 rings (SSSR count). The van der Waals surface area contributed by atoms with Crippen LogP contribution in [0.2, 0.25) is 0 Å². The molecule has 0 aliphatic heterocycles. The van der Waals surface area contributed by atoms with Crippen LogP contribution in [0.5, 0.6) is 0 Å². The van der Waals surface area contributed by atoms with Gasteiger partial charge in [-0.1, -0.05) is 24.1 Å². The van der Waals surface area contributed by atoms with E-state index in [0.717, 1.165) is 10.9 Å². The van der Waals surface area contributed by atoms with Gasteiger partial charge in [0.15, 0.2) is 0 Å². The van der Waals surface area contributed by atoms with Crippen molar-refractivity contribution in [2.24, 2.45) is 0 Å². The van der Waals surface area contributed by atoms with Crippen LogP contribution in [0, 0.1) is 19.3 Å². The van der Waals surface area contributed by atoms with Crippen molar-refractivity contribution in [3.8, 4) is 12.3 Å². The van der Waals surface area contributed by atoms with E-state index in [4.69, 9.17) is 10.8 Å². The number of hydrogen-bond donors (Lipinski definition) is 1. The number of nitrogens with zero attached hydrogens (tertiary/aromatic N) is 1. The largest absolute Gasteiger partial charge is 0.467 e. The van der Waals surface area contributed by atoms with Crippen LogP contribution in [0.15, 0.2) is 47.1 Å². The van der Waals surface area contributed by atoms with Gasteiger partial charge in [-0.25, -0.2) is 0 Å². The lowest BCUT2D eigenvalue weighted by Gasteiger charge is -2.18. The lowest BCUT2D eigenvalue weighted by Crippen LogP contribution is -2.36. The second-order valence-corrected chi connectivity index (χ2v) is 5.44. The summed E-state index contributed by atoms with van der Waals surface area (Å²) < 4.78 is 5.24. The first-order valence-electron chi connectivity index (χ1n) is 7.48. The minimum Gasteiger partial charge on any atom is -0.467 e. The van der Waals surface area contributed by atoms with Crippen molar-refractivity contribution in [1.82, 2.24) is 9.88 Å². The van der Waals surface area contributed by atoms with Gasteiger partial charge >= 0.3 is 0 Å². The summed E-state index contributed by atoms with van der Waals surface area (Å²) in [6.07, 6.45) is 6.86. The second-order valence-electron chi connectivity index (χ2n) is 5.44. The van der Waals surface area contributed by atoms with E-state index in [-0.39, 0.29) is 13.1 Å². The molecule has 0 spiro atoms. The molecular formula is C19H16N2O3. The molecule has 2 aromatic heterocycles. The molecule has 24 heavy (non-hydrogen) atoms. The Morgan fingerprint density at radius 3 is 2.75 bits per heavy atom. The lowest BCUT2D eigenvalue weighted by atomic mass is 10.1. The number of benzene rings is 1. The van der Waals surface area contributed by atoms with Gasteiger partial charge in [-0.3, -0.25) is 9.59 Å². The fraction of sp³-hybridized carbons (Fsp3) is 0.158. The zero-order valence-corrected chi connectivity index (χ0v) is 13.2. The monoisotopic (exact) mass is 320 g/mol. The van der Waals surface area contributed by atoms with Gasteiger partial charge in [0.25, 0.3) is 11.7 Å². The van der Waals surface area contributed by atoms with Crippen molar-refractivity contribution >= 4 is 22.6 Å². The smallest absolute Gasteiger partial charge is 0.296 e. The third-order valence-corrected chi connectivity index (χ3v) is 3.81. The normalized spacial score (nSPS) is 10.5. The number of rotatable bonds is 5. The van der Waals surface area contributed by atoms with Crippen molar-refractivity contribution in [1.29, 1.82) is 0 Å². The number of furan rings is 1. The van der Waals surface area contributed by atoms with Gasteiger partial charge in [-0.15, -0.1) is 6.42 Å². The zero-order chi connectivity index (χ0) is 17.1. The van der Waals surface area contributed by atoms with Crippen molar-refractivity contribution in [2.45, 2.75) is 13.5 Å². The quantitative estimate of drug-likeness (QED) is 0.446. The Bertz CT molecular complexity index is 929. The standard InChI is InChI=1S/C19H16N2O3/c1-3-10-21(12-14-7-6-11-24-14)19(23)18(22)17-13(2)20-16-9-5-4-8-15(16)17/h1,4-9,11,20H,10,12H2,2H3. The second kappa shape index (κ2) is 6.47. The van der Waals surface area contributed by atoms with Crippen molar-refractivity contribution in [3.63, 3.8) is 0 Å². The molecule has 0 aliphatic carbocycles. The maximum atomic E-state index is 12.8. The van der Waals surface area contributed by atoms with E-state index in [9.17, 15) is 9.59 Å². The Hall–Kier alpha value is -3.26. The van der Waals surface area contributed by atoms with Gasteiger partial charge in [-0.05, 0) is 25.1 Å². The van der Waals surface area contributed by atoms with Crippen LogP contribution in [0.3, 0.4) is 0 Å². The fourth-order valence-corrected chi connectivity index (χ4v) is 2.72. The predicted octanol–water partition coefficient (Wildman–Crippen LogP) is 2.91. The van der Waals surface area contributed by atoms with Gasteiger partial charge in [0, 0.05) is 16.6 Å². The summed E-state index contributed by atoms with van der Waals surface area (Å²) in [5, 5.41) is 0.729. The van der Waals surface area contributed by atoms with Crippen LogP contribution in [-0.4, -0.2) is 28.1 Å². The topological polar surface area (TPSA) is 66.3 Å². The molecule has 0 bridgehead atoms. The molecule has 0 atom stereocenters. The number of aromatic nitrogens is 1. The third-order valence-electron chi connectivity index (χ3n) is 3.81. The molecule has 0 radical (unpaired) electrons. The number of H-pyrrole nitrogens is 1. The molecule has 5 nitrogen and oxygen atoms in total. The molecule has 0 saturated carbocycles. The average Bonchev–Trinajstić information content (AvgIpc) is 3.19. The number of para-hydroxylation sites is 1. The molecule has 1 aromatic carbocycles. The summed E-state index contributed by atoms with van der Waals surface area (Å²) in [5.74, 6) is 1.77. The third kappa shape index (κ3) is 2.82. The van der Waals surface area contributed by atoms with E-state index >= 15 is 0 Å². The first-order chi connectivity index (χ1) is 11.6.